The van der Waals surface area contributed by atoms with Crippen molar-refractivity contribution < 1.29 is 9.90 Å². The van der Waals surface area contributed by atoms with E-state index in [1.165, 1.54) is 0 Å². The molecule has 5 heteroatoms. The molecule has 0 heterocycles. The number of carbonyl (C=O) groups excluding carboxylic acids is 1. The van der Waals surface area contributed by atoms with Gasteiger partial charge in [0.05, 0.1) is 5.71 Å². The smallest absolute Gasteiger partial charge is 0.273 e. The summed E-state index contributed by atoms with van der Waals surface area (Å²) in [6.45, 7) is 1.94. The van der Waals surface area contributed by atoms with Crippen LogP contribution in [0.5, 0.6) is 0 Å². The lowest BCUT2D eigenvalue weighted by atomic mass is 10.1. The molecule has 4 nitrogen and oxygen atoms in total. The monoisotopic (exact) mass is 316 g/mol. The summed E-state index contributed by atoms with van der Waals surface area (Å²) in [7, 11) is 0. The van der Waals surface area contributed by atoms with E-state index in [9.17, 15) is 9.90 Å². The first-order chi connectivity index (χ1) is 10.6. The number of aliphatic hydroxyl groups is 1. The van der Waals surface area contributed by atoms with Crippen LogP contribution >= 0.6 is 11.6 Å². The van der Waals surface area contributed by atoms with Gasteiger partial charge in [-0.25, -0.2) is 5.43 Å². The van der Waals surface area contributed by atoms with Gasteiger partial charge < -0.3 is 5.11 Å². The van der Waals surface area contributed by atoms with E-state index in [2.05, 4.69) is 10.5 Å². The number of carbonyl (C=O) groups is 1. The standard InChI is InChI=1S/C17H17ClN2O2/c1-2-15(12-8-10-14(18)11-9-12)19-20-17(22)16(21)13-6-4-3-5-7-13/h3-11,16,21H,2H2,1H3,(H,20,22)/b19-15+. The van der Waals surface area contributed by atoms with Crippen molar-refractivity contribution in [2.24, 2.45) is 5.10 Å². The first-order valence-electron chi connectivity index (χ1n) is 6.97. The predicted octanol–water partition coefficient (Wildman–Crippen LogP) is 3.30. The van der Waals surface area contributed by atoms with Gasteiger partial charge in [0, 0.05) is 5.02 Å². The van der Waals surface area contributed by atoms with Gasteiger partial charge in [-0.1, -0.05) is 61.0 Å². The zero-order valence-electron chi connectivity index (χ0n) is 12.2. The zero-order chi connectivity index (χ0) is 15.9. The van der Waals surface area contributed by atoms with Gasteiger partial charge in [0.2, 0.25) is 0 Å². The Hall–Kier alpha value is -2.17. The van der Waals surface area contributed by atoms with E-state index in [1.807, 2.05) is 25.1 Å². The normalized spacial score (nSPS) is 12.8. The molecule has 1 unspecified atom stereocenters. The van der Waals surface area contributed by atoms with Crippen LogP contribution in [0, 0.1) is 0 Å². The third-order valence-electron chi connectivity index (χ3n) is 3.18. The van der Waals surface area contributed by atoms with E-state index < -0.39 is 12.0 Å². The molecule has 22 heavy (non-hydrogen) atoms. The predicted molar refractivity (Wildman–Crippen MR) is 87.8 cm³/mol. The summed E-state index contributed by atoms with van der Waals surface area (Å²) in [5.41, 5.74) is 4.53. The minimum absolute atomic E-state index is 0.528. The Morgan fingerprint density at radius 2 is 1.82 bits per heavy atom. The van der Waals surface area contributed by atoms with Crippen LogP contribution in [-0.2, 0) is 4.79 Å². The van der Waals surface area contributed by atoms with E-state index in [0.717, 1.165) is 5.56 Å². The van der Waals surface area contributed by atoms with Crippen LogP contribution in [0.1, 0.15) is 30.6 Å². The summed E-state index contributed by atoms with van der Waals surface area (Å²) in [5, 5.41) is 14.7. The molecule has 0 aliphatic heterocycles. The molecule has 1 atom stereocenters. The third kappa shape index (κ3) is 4.16. The van der Waals surface area contributed by atoms with Gasteiger partial charge in [-0.3, -0.25) is 4.79 Å². The Kier molecular flexibility index (Phi) is 5.69. The minimum Gasteiger partial charge on any atom is -0.378 e. The van der Waals surface area contributed by atoms with Crippen LogP contribution in [0.2, 0.25) is 5.02 Å². The van der Waals surface area contributed by atoms with Gasteiger partial charge in [0.25, 0.3) is 5.91 Å². The molecule has 0 aliphatic carbocycles. The molecule has 2 aromatic carbocycles. The van der Waals surface area contributed by atoms with Gasteiger partial charge >= 0.3 is 0 Å². The van der Waals surface area contributed by atoms with Gasteiger partial charge in [0.1, 0.15) is 0 Å². The van der Waals surface area contributed by atoms with Gasteiger partial charge in [-0.2, -0.15) is 5.10 Å². The Labute approximate surface area is 134 Å². The largest absolute Gasteiger partial charge is 0.378 e. The quantitative estimate of drug-likeness (QED) is 0.656. The summed E-state index contributed by atoms with van der Waals surface area (Å²) < 4.78 is 0. The molecule has 0 aliphatic rings. The van der Waals surface area contributed by atoms with Crippen molar-refractivity contribution in [2.45, 2.75) is 19.4 Å². The molecule has 0 aromatic heterocycles. The summed E-state index contributed by atoms with van der Waals surface area (Å²) in [6.07, 6.45) is -0.600. The molecule has 0 radical (unpaired) electrons. The summed E-state index contributed by atoms with van der Waals surface area (Å²) >= 11 is 5.85. The number of rotatable bonds is 5. The van der Waals surface area contributed by atoms with E-state index in [4.69, 9.17) is 11.6 Å². The lowest BCUT2D eigenvalue weighted by Crippen LogP contribution is -2.26. The SMILES string of the molecule is CC/C(=N\NC(=O)C(O)c1ccccc1)c1ccc(Cl)cc1. The second-order valence-corrected chi connectivity index (χ2v) is 5.14. The van der Waals surface area contributed by atoms with Crippen LogP contribution in [0.4, 0.5) is 0 Å². The highest BCUT2D eigenvalue weighted by Crippen LogP contribution is 2.13. The van der Waals surface area contributed by atoms with Crippen LogP contribution in [0.3, 0.4) is 0 Å². The van der Waals surface area contributed by atoms with Crippen LogP contribution in [0.15, 0.2) is 59.7 Å². The summed E-state index contributed by atoms with van der Waals surface area (Å²) in [5.74, 6) is -0.564. The fourth-order valence-corrected chi connectivity index (χ4v) is 2.09. The van der Waals surface area contributed by atoms with Crippen molar-refractivity contribution in [1.29, 1.82) is 0 Å². The molecule has 0 saturated heterocycles. The van der Waals surface area contributed by atoms with Gasteiger partial charge in [0.15, 0.2) is 6.10 Å². The van der Waals surface area contributed by atoms with E-state index in [1.54, 1.807) is 36.4 Å². The molecule has 0 saturated carbocycles. The number of halogens is 1. The molecule has 0 bridgehead atoms. The summed E-state index contributed by atoms with van der Waals surface area (Å²) in [6, 6.07) is 15.9. The number of hydrazone groups is 1. The lowest BCUT2D eigenvalue weighted by molar-refractivity contribution is -0.129. The summed E-state index contributed by atoms with van der Waals surface area (Å²) in [4.78, 5) is 12.0. The highest BCUT2D eigenvalue weighted by Gasteiger charge is 2.16. The Morgan fingerprint density at radius 3 is 2.41 bits per heavy atom. The maximum Gasteiger partial charge on any atom is 0.273 e. The molecular weight excluding hydrogens is 300 g/mol. The second kappa shape index (κ2) is 7.73. The van der Waals surface area contributed by atoms with Crippen molar-refractivity contribution in [1.82, 2.24) is 5.43 Å². The topological polar surface area (TPSA) is 61.7 Å². The average Bonchev–Trinajstić information content (AvgIpc) is 2.56. The molecule has 2 rings (SSSR count). The van der Waals surface area contributed by atoms with Crippen molar-refractivity contribution in [3.63, 3.8) is 0 Å². The first-order valence-corrected chi connectivity index (χ1v) is 7.35. The van der Waals surface area contributed by atoms with Crippen LogP contribution in [-0.4, -0.2) is 16.7 Å². The number of hydrogen-bond acceptors (Lipinski definition) is 3. The van der Waals surface area contributed by atoms with E-state index in [0.29, 0.717) is 22.7 Å². The fraction of sp³-hybridized carbons (Fsp3) is 0.176. The van der Waals surface area contributed by atoms with Crippen LogP contribution in [0.25, 0.3) is 0 Å². The lowest BCUT2D eigenvalue weighted by Gasteiger charge is -2.10. The van der Waals surface area contributed by atoms with E-state index >= 15 is 0 Å². The minimum atomic E-state index is -1.24. The average molecular weight is 317 g/mol. The Balaban J connectivity index is 2.08. The fourth-order valence-electron chi connectivity index (χ4n) is 1.96. The molecule has 2 N–H and O–H groups in total. The van der Waals surface area contributed by atoms with Crippen LogP contribution < -0.4 is 5.43 Å². The first kappa shape index (κ1) is 16.2. The Morgan fingerprint density at radius 1 is 1.18 bits per heavy atom. The highest BCUT2D eigenvalue weighted by atomic mass is 35.5. The van der Waals surface area contributed by atoms with Crippen molar-refractivity contribution in [2.75, 3.05) is 0 Å². The molecule has 114 valence electrons. The van der Waals surface area contributed by atoms with Crippen molar-refractivity contribution in [3.8, 4) is 0 Å². The van der Waals surface area contributed by atoms with E-state index in [-0.39, 0.29) is 0 Å². The number of benzene rings is 2. The molecule has 2 aromatic rings. The Bertz CT molecular complexity index is 654. The maximum atomic E-state index is 12.0. The second-order valence-electron chi connectivity index (χ2n) is 4.71. The number of aliphatic hydroxyl groups excluding tert-OH is 1. The van der Waals surface area contributed by atoms with Crippen molar-refractivity contribution in [3.05, 3.63) is 70.7 Å². The maximum absolute atomic E-state index is 12.0. The third-order valence-corrected chi connectivity index (χ3v) is 3.43. The molecular formula is C17H17ClN2O2. The van der Waals surface area contributed by atoms with Gasteiger partial charge in [-0.15, -0.1) is 0 Å². The number of hydrogen-bond donors (Lipinski definition) is 2. The zero-order valence-corrected chi connectivity index (χ0v) is 12.9. The van der Waals surface area contributed by atoms with Gasteiger partial charge in [-0.05, 0) is 29.7 Å². The molecule has 1 amide bonds. The number of amides is 1. The highest BCUT2D eigenvalue weighted by molar-refractivity contribution is 6.30. The number of nitrogens with zero attached hydrogens (tertiary/aromatic N) is 1. The number of nitrogens with one attached hydrogen (secondary N) is 1. The molecule has 0 spiro atoms. The molecule has 0 fully saturated rings. The van der Waals surface area contributed by atoms with Crippen molar-refractivity contribution >= 4 is 23.2 Å².